The van der Waals surface area contributed by atoms with Gasteiger partial charge < -0.3 is 10.1 Å². The van der Waals surface area contributed by atoms with E-state index in [4.69, 9.17) is 4.74 Å². The zero-order valence-electron chi connectivity index (χ0n) is 10.0. The molecule has 0 saturated heterocycles. The van der Waals surface area contributed by atoms with Crippen LogP contribution in [0.4, 0.5) is 0 Å². The van der Waals surface area contributed by atoms with Crippen LogP contribution in [0, 0.1) is 0 Å². The molecular weight excluding hydrogens is 198 g/mol. The van der Waals surface area contributed by atoms with E-state index < -0.39 is 0 Å². The van der Waals surface area contributed by atoms with Gasteiger partial charge in [0.2, 0.25) is 0 Å². The molecule has 1 aliphatic carbocycles. The minimum Gasteiger partial charge on any atom is -0.380 e. The van der Waals surface area contributed by atoms with Crippen molar-refractivity contribution >= 4 is 0 Å². The Hall–Kier alpha value is -0.860. The molecule has 0 aromatic heterocycles. The topological polar surface area (TPSA) is 21.3 Å². The standard InChI is InChI=1S/C14H21NO/c1-16-11-13-7-3-2-6-12(13)10-15-14-8-4-5-9-14/h2-3,6-7,14-15H,4-5,8-11H2,1H3. The SMILES string of the molecule is COCc1ccccc1CNC1CCCC1. The van der Waals surface area contributed by atoms with Gasteiger partial charge in [-0.3, -0.25) is 0 Å². The molecule has 2 heteroatoms. The van der Waals surface area contributed by atoms with Crippen LogP contribution < -0.4 is 5.32 Å². The number of hydrogen-bond acceptors (Lipinski definition) is 2. The van der Waals surface area contributed by atoms with Crippen molar-refractivity contribution in [3.8, 4) is 0 Å². The number of methoxy groups -OCH3 is 1. The fraction of sp³-hybridized carbons (Fsp3) is 0.571. The molecule has 0 unspecified atom stereocenters. The molecule has 0 radical (unpaired) electrons. The van der Waals surface area contributed by atoms with E-state index in [1.54, 1.807) is 7.11 Å². The lowest BCUT2D eigenvalue weighted by Crippen LogP contribution is -2.25. The van der Waals surface area contributed by atoms with Gasteiger partial charge in [0, 0.05) is 19.7 Å². The van der Waals surface area contributed by atoms with Gasteiger partial charge in [0.05, 0.1) is 6.61 Å². The number of hydrogen-bond donors (Lipinski definition) is 1. The van der Waals surface area contributed by atoms with E-state index in [0.29, 0.717) is 6.61 Å². The Balaban J connectivity index is 1.91. The van der Waals surface area contributed by atoms with E-state index in [0.717, 1.165) is 12.6 Å². The molecule has 16 heavy (non-hydrogen) atoms. The highest BCUT2D eigenvalue weighted by atomic mass is 16.5. The van der Waals surface area contributed by atoms with Gasteiger partial charge in [-0.2, -0.15) is 0 Å². The largest absolute Gasteiger partial charge is 0.380 e. The Morgan fingerprint density at radius 3 is 2.56 bits per heavy atom. The molecule has 2 nitrogen and oxygen atoms in total. The highest BCUT2D eigenvalue weighted by Gasteiger charge is 2.14. The van der Waals surface area contributed by atoms with Crippen LogP contribution in [0.25, 0.3) is 0 Å². The predicted molar refractivity (Wildman–Crippen MR) is 66.3 cm³/mol. The summed E-state index contributed by atoms with van der Waals surface area (Å²) in [4.78, 5) is 0. The van der Waals surface area contributed by atoms with Gasteiger partial charge in [0.1, 0.15) is 0 Å². The maximum atomic E-state index is 5.21. The monoisotopic (exact) mass is 219 g/mol. The Morgan fingerprint density at radius 1 is 1.19 bits per heavy atom. The average molecular weight is 219 g/mol. The molecular formula is C14H21NO. The summed E-state index contributed by atoms with van der Waals surface area (Å²) in [7, 11) is 1.75. The molecule has 1 fully saturated rings. The van der Waals surface area contributed by atoms with Crippen molar-refractivity contribution < 1.29 is 4.74 Å². The highest BCUT2D eigenvalue weighted by Crippen LogP contribution is 2.18. The minimum absolute atomic E-state index is 0.711. The lowest BCUT2D eigenvalue weighted by Gasteiger charge is -2.14. The summed E-state index contributed by atoms with van der Waals surface area (Å²) in [6.45, 7) is 1.69. The first-order valence-electron chi connectivity index (χ1n) is 6.19. The highest BCUT2D eigenvalue weighted by molar-refractivity contribution is 5.26. The number of nitrogens with one attached hydrogen (secondary N) is 1. The number of benzene rings is 1. The molecule has 2 rings (SSSR count). The van der Waals surface area contributed by atoms with Crippen LogP contribution in [0.1, 0.15) is 36.8 Å². The normalized spacial score (nSPS) is 16.8. The molecule has 1 N–H and O–H groups in total. The molecule has 1 saturated carbocycles. The lowest BCUT2D eigenvalue weighted by atomic mass is 10.1. The summed E-state index contributed by atoms with van der Waals surface area (Å²) in [5.41, 5.74) is 2.67. The fourth-order valence-electron chi connectivity index (χ4n) is 2.41. The molecule has 1 aliphatic rings. The van der Waals surface area contributed by atoms with E-state index >= 15 is 0 Å². The van der Waals surface area contributed by atoms with Crippen LogP contribution >= 0.6 is 0 Å². The Bertz CT molecular complexity index is 318. The Kier molecular flexibility index (Phi) is 4.37. The van der Waals surface area contributed by atoms with Gasteiger partial charge in [0.25, 0.3) is 0 Å². The van der Waals surface area contributed by atoms with Crippen LogP contribution in [0.2, 0.25) is 0 Å². The summed E-state index contributed by atoms with van der Waals surface area (Å²) < 4.78 is 5.21. The van der Waals surface area contributed by atoms with Crippen molar-refractivity contribution in [1.82, 2.24) is 5.32 Å². The first-order valence-corrected chi connectivity index (χ1v) is 6.19. The second kappa shape index (κ2) is 6.02. The molecule has 0 atom stereocenters. The summed E-state index contributed by atoms with van der Waals surface area (Å²) >= 11 is 0. The lowest BCUT2D eigenvalue weighted by molar-refractivity contribution is 0.184. The number of ether oxygens (including phenoxy) is 1. The third-order valence-corrected chi connectivity index (χ3v) is 3.35. The van der Waals surface area contributed by atoms with Crippen molar-refractivity contribution in [3.05, 3.63) is 35.4 Å². The van der Waals surface area contributed by atoms with Crippen molar-refractivity contribution in [2.24, 2.45) is 0 Å². The van der Waals surface area contributed by atoms with Gasteiger partial charge >= 0.3 is 0 Å². The van der Waals surface area contributed by atoms with E-state index in [2.05, 4.69) is 29.6 Å². The average Bonchev–Trinajstić information content (AvgIpc) is 2.81. The molecule has 0 bridgehead atoms. The molecule has 0 amide bonds. The third-order valence-electron chi connectivity index (χ3n) is 3.35. The van der Waals surface area contributed by atoms with Crippen molar-refractivity contribution in [2.75, 3.05) is 7.11 Å². The summed E-state index contributed by atoms with van der Waals surface area (Å²) in [6.07, 6.45) is 5.45. The summed E-state index contributed by atoms with van der Waals surface area (Å²) in [6, 6.07) is 9.25. The number of rotatable bonds is 5. The molecule has 1 aromatic rings. The molecule has 0 spiro atoms. The van der Waals surface area contributed by atoms with Crippen molar-refractivity contribution in [2.45, 2.75) is 44.9 Å². The zero-order valence-corrected chi connectivity index (χ0v) is 10.0. The second-order valence-electron chi connectivity index (χ2n) is 4.56. The Labute approximate surface area is 98.0 Å². The molecule has 1 aromatic carbocycles. The molecule has 88 valence electrons. The van der Waals surface area contributed by atoms with E-state index in [1.807, 2.05) is 0 Å². The predicted octanol–water partition coefficient (Wildman–Crippen LogP) is 2.87. The third kappa shape index (κ3) is 3.06. The second-order valence-corrected chi connectivity index (χ2v) is 4.56. The maximum absolute atomic E-state index is 5.21. The maximum Gasteiger partial charge on any atom is 0.0716 e. The van der Waals surface area contributed by atoms with Crippen molar-refractivity contribution in [3.63, 3.8) is 0 Å². The van der Waals surface area contributed by atoms with Gasteiger partial charge in [-0.25, -0.2) is 0 Å². The summed E-state index contributed by atoms with van der Waals surface area (Å²) in [5, 5.41) is 3.64. The Morgan fingerprint density at radius 2 is 1.88 bits per heavy atom. The van der Waals surface area contributed by atoms with Crippen LogP contribution in [0.5, 0.6) is 0 Å². The first kappa shape index (κ1) is 11.6. The van der Waals surface area contributed by atoms with Gasteiger partial charge in [0.15, 0.2) is 0 Å². The molecule has 0 aliphatic heterocycles. The van der Waals surface area contributed by atoms with E-state index in [1.165, 1.54) is 36.8 Å². The van der Waals surface area contributed by atoms with Crippen LogP contribution in [-0.2, 0) is 17.9 Å². The van der Waals surface area contributed by atoms with Crippen LogP contribution in [-0.4, -0.2) is 13.2 Å². The van der Waals surface area contributed by atoms with Gasteiger partial charge in [-0.05, 0) is 24.0 Å². The van der Waals surface area contributed by atoms with Crippen LogP contribution in [0.3, 0.4) is 0 Å². The van der Waals surface area contributed by atoms with Crippen LogP contribution in [0.15, 0.2) is 24.3 Å². The van der Waals surface area contributed by atoms with E-state index in [-0.39, 0.29) is 0 Å². The fourth-order valence-corrected chi connectivity index (χ4v) is 2.41. The minimum atomic E-state index is 0.711. The summed E-state index contributed by atoms with van der Waals surface area (Å²) in [5.74, 6) is 0. The first-order chi connectivity index (χ1) is 7.90. The molecule has 0 heterocycles. The quantitative estimate of drug-likeness (QED) is 0.822. The van der Waals surface area contributed by atoms with Gasteiger partial charge in [-0.15, -0.1) is 0 Å². The van der Waals surface area contributed by atoms with E-state index in [9.17, 15) is 0 Å². The zero-order chi connectivity index (χ0) is 11.2. The van der Waals surface area contributed by atoms with Gasteiger partial charge in [-0.1, -0.05) is 37.1 Å². The van der Waals surface area contributed by atoms with Crippen molar-refractivity contribution in [1.29, 1.82) is 0 Å². The smallest absolute Gasteiger partial charge is 0.0716 e.